The monoisotopic (exact) mass is 258 g/mol. The summed E-state index contributed by atoms with van der Waals surface area (Å²) in [6.07, 6.45) is 2.10. The standard InChI is InChI=1S/C15H18N2S/c1-10-11(2)18-14(17-10)15(16-3)8-12-6-4-5-7-13(12)9-15/h4-7,16H,8-9H2,1-3H3. The van der Waals surface area contributed by atoms with Crippen molar-refractivity contribution < 1.29 is 0 Å². The molecule has 1 aliphatic carbocycles. The van der Waals surface area contributed by atoms with Crippen molar-refractivity contribution in [1.29, 1.82) is 0 Å². The lowest BCUT2D eigenvalue weighted by Gasteiger charge is -2.26. The van der Waals surface area contributed by atoms with E-state index in [0.717, 1.165) is 12.8 Å². The number of nitrogens with one attached hydrogen (secondary N) is 1. The fourth-order valence-corrected chi connectivity index (χ4v) is 3.84. The van der Waals surface area contributed by atoms with E-state index in [1.165, 1.54) is 26.7 Å². The summed E-state index contributed by atoms with van der Waals surface area (Å²) in [5.74, 6) is 0. The number of likely N-dealkylation sites (N-methyl/N-ethyl adjacent to an activating group) is 1. The third-order valence-corrected chi connectivity index (χ3v) is 5.30. The second-order valence-electron chi connectivity index (χ2n) is 5.11. The number of aromatic nitrogens is 1. The molecule has 0 bridgehead atoms. The van der Waals surface area contributed by atoms with Crippen molar-refractivity contribution in [3.63, 3.8) is 0 Å². The number of thiazole rings is 1. The molecule has 18 heavy (non-hydrogen) atoms. The van der Waals surface area contributed by atoms with Crippen LogP contribution in [-0.4, -0.2) is 12.0 Å². The lowest BCUT2D eigenvalue weighted by atomic mass is 9.97. The van der Waals surface area contributed by atoms with Crippen molar-refractivity contribution in [2.24, 2.45) is 0 Å². The first kappa shape index (κ1) is 11.9. The van der Waals surface area contributed by atoms with Gasteiger partial charge in [-0.25, -0.2) is 4.98 Å². The van der Waals surface area contributed by atoms with E-state index in [9.17, 15) is 0 Å². The lowest BCUT2D eigenvalue weighted by molar-refractivity contribution is 0.379. The van der Waals surface area contributed by atoms with Crippen LogP contribution >= 0.6 is 11.3 Å². The summed E-state index contributed by atoms with van der Waals surface area (Å²) < 4.78 is 0. The van der Waals surface area contributed by atoms with Crippen LogP contribution in [0.1, 0.15) is 26.7 Å². The number of benzene rings is 1. The Hall–Kier alpha value is -1.19. The Bertz CT molecular complexity index is 541. The number of aryl methyl sites for hydroxylation is 2. The largest absolute Gasteiger partial charge is 0.308 e. The van der Waals surface area contributed by atoms with Crippen molar-refractivity contribution >= 4 is 11.3 Å². The second-order valence-corrected chi connectivity index (χ2v) is 6.32. The van der Waals surface area contributed by atoms with E-state index < -0.39 is 0 Å². The molecule has 1 N–H and O–H groups in total. The number of fused-ring (bicyclic) bond motifs is 1. The summed E-state index contributed by atoms with van der Waals surface area (Å²) in [4.78, 5) is 6.10. The summed E-state index contributed by atoms with van der Waals surface area (Å²) in [6, 6.07) is 8.73. The molecule has 1 aromatic heterocycles. The van der Waals surface area contributed by atoms with Crippen LogP contribution in [0.5, 0.6) is 0 Å². The van der Waals surface area contributed by atoms with Gasteiger partial charge in [-0.3, -0.25) is 0 Å². The van der Waals surface area contributed by atoms with Gasteiger partial charge in [0, 0.05) is 4.88 Å². The van der Waals surface area contributed by atoms with Gasteiger partial charge in [-0.05, 0) is 44.9 Å². The Kier molecular flexibility index (Phi) is 2.76. The summed E-state index contributed by atoms with van der Waals surface area (Å²) >= 11 is 1.83. The average molecular weight is 258 g/mol. The third-order valence-electron chi connectivity index (χ3n) is 4.02. The van der Waals surface area contributed by atoms with Gasteiger partial charge < -0.3 is 5.32 Å². The van der Waals surface area contributed by atoms with Crippen molar-refractivity contribution in [1.82, 2.24) is 10.3 Å². The predicted octanol–water partition coefficient (Wildman–Crippen LogP) is 2.97. The first-order valence-electron chi connectivity index (χ1n) is 6.35. The number of hydrogen-bond acceptors (Lipinski definition) is 3. The van der Waals surface area contributed by atoms with E-state index in [0.29, 0.717) is 0 Å². The molecular weight excluding hydrogens is 240 g/mol. The van der Waals surface area contributed by atoms with Gasteiger partial charge in [0.05, 0.1) is 11.2 Å². The summed E-state index contributed by atoms with van der Waals surface area (Å²) in [5, 5.41) is 4.76. The second kappa shape index (κ2) is 4.18. The van der Waals surface area contributed by atoms with Crippen molar-refractivity contribution in [2.75, 3.05) is 7.05 Å². The van der Waals surface area contributed by atoms with Crippen LogP contribution in [0, 0.1) is 13.8 Å². The normalized spacial score (nSPS) is 16.8. The zero-order valence-corrected chi connectivity index (χ0v) is 11.9. The maximum absolute atomic E-state index is 4.77. The minimum Gasteiger partial charge on any atom is -0.308 e. The molecule has 2 aromatic rings. The number of nitrogens with zero attached hydrogens (tertiary/aromatic N) is 1. The highest BCUT2D eigenvalue weighted by Gasteiger charge is 2.39. The van der Waals surface area contributed by atoms with Gasteiger partial charge in [-0.15, -0.1) is 11.3 Å². The highest BCUT2D eigenvalue weighted by molar-refractivity contribution is 7.11. The fraction of sp³-hybridized carbons (Fsp3) is 0.400. The molecule has 0 radical (unpaired) electrons. The molecule has 0 amide bonds. The van der Waals surface area contributed by atoms with Crippen LogP contribution in [-0.2, 0) is 18.4 Å². The molecule has 1 aliphatic rings. The Morgan fingerprint density at radius 1 is 1.17 bits per heavy atom. The van der Waals surface area contributed by atoms with Crippen LogP contribution in [0.3, 0.4) is 0 Å². The van der Waals surface area contributed by atoms with Gasteiger partial charge in [0.1, 0.15) is 5.01 Å². The van der Waals surface area contributed by atoms with Gasteiger partial charge in [0.2, 0.25) is 0 Å². The summed E-state index contributed by atoms with van der Waals surface area (Å²) in [5.41, 5.74) is 4.09. The highest BCUT2D eigenvalue weighted by atomic mass is 32.1. The van der Waals surface area contributed by atoms with Gasteiger partial charge in [-0.2, -0.15) is 0 Å². The molecule has 0 atom stereocenters. The summed E-state index contributed by atoms with van der Waals surface area (Å²) in [7, 11) is 2.05. The molecule has 0 aliphatic heterocycles. The van der Waals surface area contributed by atoms with Crippen LogP contribution in [0.2, 0.25) is 0 Å². The quantitative estimate of drug-likeness (QED) is 0.896. The number of hydrogen-bond donors (Lipinski definition) is 1. The number of rotatable bonds is 2. The molecular formula is C15H18N2S. The van der Waals surface area contributed by atoms with Crippen LogP contribution in [0.15, 0.2) is 24.3 Å². The van der Waals surface area contributed by atoms with E-state index in [1.807, 2.05) is 11.3 Å². The molecule has 0 fully saturated rings. The van der Waals surface area contributed by atoms with Gasteiger partial charge in [0.15, 0.2) is 0 Å². The van der Waals surface area contributed by atoms with Crippen LogP contribution < -0.4 is 5.32 Å². The van der Waals surface area contributed by atoms with Gasteiger partial charge in [0.25, 0.3) is 0 Å². The Balaban J connectivity index is 2.04. The molecule has 3 heteroatoms. The van der Waals surface area contributed by atoms with E-state index in [4.69, 9.17) is 4.98 Å². The SMILES string of the molecule is CNC1(c2nc(C)c(C)s2)Cc2ccccc2C1. The molecule has 0 saturated carbocycles. The fourth-order valence-electron chi connectivity index (χ4n) is 2.73. The molecule has 1 aromatic carbocycles. The molecule has 3 rings (SSSR count). The zero-order chi connectivity index (χ0) is 12.8. The minimum absolute atomic E-state index is 0.00731. The van der Waals surface area contributed by atoms with Crippen molar-refractivity contribution in [2.45, 2.75) is 32.2 Å². The zero-order valence-electron chi connectivity index (χ0n) is 11.1. The summed E-state index contributed by atoms with van der Waals surface area (Å²) in [6.45, 7) is 4.25. The van der Waals surface area contributed by atoms with Crippen LogP contribution in [0.4, 0.5) is 0 Å². The molecule has 1 heterocycles. The molecule has 0 unspecified atom stereocenters. The van der Waals surface area contributed by atoms with E-state index in [1.54, 1.807) is 0 Å². The third kappa shape index (κ3) is 1.70. The molecule has 0 spiro atoms. The Labute approximate surface area is 112 Å². The van der Waals surface area contributed by atoms with Gasteiger partial charge >= 0.3 is 0 Å². The maximum Gasteiger partial charge on any atom is 0.114 e. The minimum atomic E-state index is 0.00731. The van der Waals surface area contributed by atoms with E-state index in [2.05, 4.69) is 50.5 Å². The Morgan fingerprint density at radius 3 is 2.22 bits per heavy atom. The Morgan fingerprint density at radius 2 is 1.78 bits per heavy atom. The maximum atomic E-state index is 4.77. The molecule has 94 valence electrons. The van der Waals surface area contributed by atoms with Crippen molar-refractivity contribution in [3.05, 3.63) is 51.0 Å². The first-order chi connectivity index (χ1) is 8.64. The topological polar surface area (TPSA) is 24.9 Å². The van der Waals surface area contributed by atoms with Gasteiger partial charge in [-0.1, -0.05) is 24.3 Å². The molecule has 0 saturated heterocycles. The lowest BCUT2D eigenvalue weighted by Crippen LogP contribution is -2.40. The smallest absolute Gasteiger partial charge is 0.114 e. The van der Waals surface area contributed by atoms with Crippen LogP contribution in [0.25, 0.3) is 0 Å². The first-order valence-corrected chi connectivity index (χ1v) is 7.16. The van der Waals surface area contributed by atoms with Crippen molar-refractivity contribution in [3.8, 4) is 0 Å². The molecule has 2 nitrogen and oxygen atoms in total. The predicted molar refractivity (Wildman–Crippen MR) is 76.2 cm³/mol. The van der Waals surface area contributed by atoms with E-state index >= 15 is 0 Å². The average Bonchev–Trinajstić information content (AvgIpc) is 2.91. The van der Waals surface area contributed by atoms with E-state index in [-0.39, 0.29) is 5.54 Å². The highest BCUT2D eigenvalue weighted by Crippen LogP contribution is 2.39.